The number of nitrogens with one attached hydrogen (secondary N) is 2. The first kappa shape index (κ1) is 12.4. The van der Waals surface area contributed by atoms with E-state index in [4.69, 9.17) is 23.2 Å². The average molecular weight is 280 g/mol. The van der Waals surface area contributed by atoms with Crippen molar-refractivity contribution < 1.29 is 4.79 Å². The van der Waals surface area contributed by atoms with Crippen molar-refractivity contribution in [1.82, 2.24) is 10.9 Å². The number of benzene rings is 1. The Kier molecular flexibility index (Phi) is 4.53. The molecule has 0 radical (unpaired) electrons. The number of rotatable bonds is 1. The summed E-state index contributed by atoms with van der Waals surface area (Å²) in [5.74, 6) is -0.427. The van der Waals surface area contributed by atoms with Crippen LogP contribution >= 0.6 is 35.4 Å². The van der Waals surface area contributed by atoms with Crippen LogP contribution in [-0.2, 0) is 12.6 Å². The summed E-state index contributed by atoms with van der Waals surface area (Å²) in [5.41, 5.74) is 4.93. The fourth-order valence-corrected chi connectivity index (χ4v) is 1.45. The first-order valence-corrected chi connectivity index (χ1v) is 5.30. The van der Waals surface area contributed by atoms with Crippen LogP contribution in [0, 0.1) is 0 Å². The van der Waals surface area contributed by atoms with Gasteiger partial charge < -0.3 is 30.3 Å². The second-order valence-electron chi connectivity index (χ2n) is 2.49. The zero-order chi connectivity index (χ0) is 11.4. The van der Waals surface area contributed by atoms with Gasteiger partial charge in [-0.3, -0.25) is 10.2 Å². The summed E-state index contributed by atoms with van der Waals surface area (Å²) in [6.07, 6.45) is 0. The number of amides is 1. The summed E-state index contributed by atoms with van der Waals surface area (Å²) in [6.45, 7) is 0. The molecular weight excluding hydrogens is 275 g/mol. The molecule has 3 nitrogen and oxygen atoms in total. The Morgan fingerprint density at radius 1 is 1.33 bits per heavy atom. The Labute approximate surface area is 108 Å². The zero-order valence-corrected chi connectivity index (χ0v) is 10.4. The summed E-state index contributed by atoms with van der Waals surface area (Å²) >= 11 is 20.6. The summed E-state index contributed by atoms with van der Waals surface area (Å²) < 4.78 is 0.0495. The predicted octanol–water partition coefficient (Wildman–Crippen LogP) is 2.06. The van der Waals surface area contributed by atoms with Gasteiger partial charge in [0.1, 0.15) is 0 Å². The van der Waals surface area contributed by atoms with Crippen molar-refractivity contribution in [2.24, 2.45) is 0 Å². The second kappa shape index (κ2) is 5.46. The Bertz CT molecular complexity index is 412. The van der Waals surface area contributed by atoms with Crippen molar-refractivity contribution in [3.05, 3.63) is 33.8 Å². The number of carbonyl (C=O) groups excluding carboxylic acids is 1. The van der Waals surface area contributed by atoms with E-state index in [1.807, 2.05) is 0 Å². The lowest BCUT2D eigenvalue weighted by molar-refractivity contribution is 0.0945. The molecular formula is C8H5Cl2N2OS2-. The minimum atomic E-state index is -0.427. The number of hydrazine groups is 1. The Hall–Kier alpha value is -0.620. The lowest BCUT2D eigenvalue weighted by atomic mass is 10.2. The van der Waals surface area contributed by atoms with E-state index in [0.29, 0.717) is 10.6 Å². The fourth-order valence-electron chi connectivity index (χ4n) is 0.849. The quantitative estimate of drug-likeness (QED) is 0.469. The standard InChI is InChI=1S/C8H6Cl2N2OS2/c9-4-1-2-5(6(10)3-4)7(13)11-12-8(14)15/h1-3H,(H,11,13)(H2,12,14,15)/p-1. The average Bonchev–Trinajstić information content (AvgIpc) is 2.14. The Morgan fingerprint density at radius 3 is 2.53 bits per heavy atom. The molecule has 0 aromatic heterocycles. The van der Waals surface area contributed by atoms with Crippen molar-refractivity contribution in [3.63, 3.8) is 0 Å². The van der Waals surface area contributed by atoms with Gasteiger partial charge in [0, 0.05) is 5.02 Å². The highest BCUT2D eigenvalue weighted by Gasteiger charge is 2.09. The number of hydrogen-bond donors (Lipinski definition) is 2. The molecule has 2 N–H and O–H groups in total. The lowest BCUT2D eigenvalue weighted by Gasteiger charge is -2.11. The number of hydrogen-bond acceptors (Lipinski definition) is 3. The first-order valence-electron chi connectivity index (χ1n) is 3.73. The van der Waals surface area contributed by atoms with Gasteiger partial charge in [-0.05, 0) is 22.5 Å². The maximum absolute atomic E-state index is 11.5. The van der Waals surface area contributed by atoms with E-state index >= 15 is 0 Å². The molecule has 80 valence electrons. The van der Waals surface area contributed by atoms with E-state index in [1.54, 1.807) is 6.07 Å². The van der Waals surface area contributed by atoms with E-state index in [-0.39, 0.29) is 9.34 Å². The lowest BCUT2D eigenvalue weighted by Crippen LogP contribution is -2.39. The molecule has 1 aromatic carbocycles. The van der Waals surface area contributed by atoms with Crippen LogP contribution in [0.2, 0.25) is 10.0 Å². The first-order chi connectivity index (χ1) is 7.00. The summed E-state index contributed by atoms with van der Waals surface area (Å²) in [7, 11) is 0. The molecule has 0 aliphatic rings. The Balaban J connectivity index is 2.78. The maximum atomic E-state index is 11.5. The van der Waals surface area contributed by atoms with E-state index < -0.39 is 5.91 Å². The molecule has 0 saturated heterocycles. The summed E-state index contributed by atoms with van der Waals surface area (Å²) in [6, 6.07) is 4.55. The normalized spacial score (nSPS) is 9.47. The third kappa shape index (κ3) is 3.79. The van der Waals surface area contributed by atoms with Gasteiger partial charge in [-0.1, -0.05) is 23.2 Å². The monoisotopic (exact) mass is 279 g/mol. The van der Waals surface area contributed by atoms with Gasteiger partial charge >= 0.3 is 0 Å². The van der Waals surface area contributed by atoms with Crippen LogP contribution in [-0.4, -0.2) is 10.2 Å². The highest BCUT2D eigenvalue weighted by Crippen LogP contribution is 2.20. The van der Waals surface area contributed by atoms with Gasteiger partial charge in [0.25, 0.3) is 5.91 Å². The number of thiocarbonyl (C=S) groups is 1. The predicted molar refractivity (Wildman–Crippen MR) is 67.0 cm³/mol. The van der Waals surface area contributed by atoms with Gasteiger partial charge in [-0.2, -0.15) is 0 Å². The smallest absolute Gasteiger partial charge is 0.271 e. The third-order valence-corrected chi connectivity index (χ3v) is 2.21. The molecule has 0 bridgehead atoms. The molecule has 1 rings (SSSR count). The minimum absolute atomic E-state index is 0.0495. The molecule has 0 atom stereocenters. The maximum Gasteiger partial charge on any atom is 0.271 e. The van der Waals surface area contributed by atoms with Crippen molar-refractivity contribution in [3.8, 4) is 0 Å². The van der Waals surface area contributed by atoms with Crippen LogP contribution in [0.25, 0.3) is 0 Å². The largest absolute Gasteiger partial charge is 0.410 e. The number of carbonyl (C=O) groups is 1. The van der Waals surface area contributed by atoms with E-state index in [2.05, 4.69) is 35.7 Å². The summed E-state index contributed by atoms with van der Waals surface area (Å²) in [4.78, 5) is 11.5. The highest BCUT2D eigenvalue weighted by atomic mass is 35.5. The van der Waals surface area contributed by atoms with Crippen LogP contribution in [0.15, 0.2) is 18.2 Å². The van der Waals surface area contributed by atoms with Crippen LogP contribution < -0.4 is 10.9 Å². The molecule has 1 amide bonds. The molecule has 0 spiro atoms. The molecule has 0 heterocycles. The second-order valence-corrected chi connectivity index (χ2v) is 4.41. The molecule has 0 aliphatic carbocycles. The molecule has 0 saturated carbocycles. The van der Waals surface area contributed by atoms with Gasteiger partial charge in [-0.15, -0.1) is 0 Å². The van der Waals surface area contributed by atoms with Gasteiger partial charge in [0.05, 0.1) is 10.6 Å². The third-order valence-electron chi connectivity index (χ3n) is 1.45. The highest BCUT2D eigenvalue weighted by molar-refractivity contribution is 8.00. The molecule has 15 heavy (non-hydrogen) atoms. The topological polar surface area (TPSA) is 41.1 Å². The van der Waals surface area contributed by atoms with Crippen LogP contribution in [0.5, 0.6) is 0 Å². The van der Waals surface area contributed by atoms with Gasteiger partial charge in [0.2, 0.25) is 0 Å². The summed E-state index contributed by atoms with van der Waals surface area (Å²) in [5, 5.41) is 0.723. The zero-order valence-electron chi connectivity index (χ0n) is 7.21. The van der Waals surface area contributed by atoms with E-state index in [0.717, 1.165) is 0 Å². The van der Waals surface area contributed by atoms with Crippen LogP contribution in [0.1, 0.15) is 10.4 Å². The van der Waals surface area contributed by atoms with Crippen molar-refractivity contribution in [2.45, 2.75) is 0 Å². The SMILES string of the molecule is O=C(NNC(=S)[S-])c1ccc(Cl)cc1Cl. The molecule has 7 heteroatoms. The van der Waals surface area contributed by atoms with E-state index in [9.17, 15) is 4.79 Å². The molecule has 0 fully saturated rings. The van der Waals surface area contributed by atoms with Crippen molar-refractivity contribution in [2.75, 3.05) is 0 Å². The molecule has 0 aliphatic heterocycles. The minimum Gasteiger partial charge on any atom is -0.410 e. The van der Waals surface area contributed by atoms with Crippen molar-refractivity contribution in [1.29, 1.82) is 0 Å². The van der Waals surface area contributed by atoms with E-state index in [1.165, 1.54) is 12.1 Å². The molecule has 0 unspecified atom stereocenters. The van der Waals surface area contributed by atoms with Crippen molar-refractivity contribution >= 4 is 58.3 Å². The van der Waals surface area contributed by atoms with Crippen LogP contribution in [0.4, 0.5) is 0 Å². The van der Waals surface area contributed by atoms with Crippen LogP contribution in [0.3, 0.4) is 0 Å². The van der Waals surface area contributed by atoms with Gasteiger partial charge in [-0.25, -0.2) is 0 Å². The number of halogens is 2. The van der Waals surface area contributed by atoms with Gasteiger partial charge in [0.15, 0.2) is 0 Å². The molecule has 1 aromatic rings. The Morgan fingerprint density at radius 2 is 2.00 bits per heavy atom. The fraction of sp³-hybridized carbons (Fsp3) is 0.